The van der Waals surface area contributed by atoms with E-state index < -0.39 is 6.04 Å². The summed E-state index contributed by atoms with van der Waals surface area (Å²) in [5.74, 6) is -0.126. The minimum atomic E-state index is -0.609. The Morgan fingerprint density at radius 2 is 1.76 bits per heavy atom. The highest BCUT2D eigenvalue weighted by molar-refractivity contribution is 7.99. The van der Waals surface area contributed by atoms with Crippen molar-refractivity contribution < 1.29 is 14.0 Å². The van der Waals surface area contributed by atoms with Gasteiger partial charge in [-0.25, -0.2) is 4.39 Å². The Kier molecular flexibility index (Phi) is 9.27. The van der Waals surface area contributed by atoms with Crippen molar-refractivity contribution in [2.24, 2.45) is 0 Å². The molecule has 4 nitrogen and oxygen atoms in total. The van der Waals surface area contributed by atoms with Crippen molar-refractivity contribution in [3.05, 3.63) is 69.5 Å². The Morgan fingerprint density at radius 1 is 1.14 bits per heavy atom. The lowest BCUT2D eigenvalue weighted by Crippen LogP contribution is -2.48. The van der Waals surface area contributed by atoms with Gasteiger partial charge in [-0.2, -0.15) is 0 Å². The fraction of sp³-hybridized carbons (Fsp3) is 0.333. The van der Waals surface area contributed by atoms with Gasteiger partial charge in [0.1, 0.15) is 11.9 Å². The fourth-order valence-corrected chi connectivity index (χ4v) is 4.51. The summed E-state index contributed by atoms with van der Waals surface area (Å²) in [7, 11) is 1.54. The number of hydrogen-bond acceptors (Lipinski definition) is 3. The fourth-order valence-electron chi connectivity index (χ4n) is 2.87. The van der Waals surface area contributed by atoms with E-state index in [1.165, 1.54) is 28.8 Å². The Bertz CT molecular complexity index is 829. The molecule has 0 saturated heterocycles. The van der Waals surface area contributed by atoms with Gasteiger partial charge >= 0.3 is 0 Å². The predicted molar refractivity (Wildman–Crippen MR) is 118 cm³/mol. The maximum Gasteiger partial charge on any atom is 0.242 e. The second-order valence-corrected chi connectivity index (χ2v) is 8.18. The van der Waals surface area contributed by atoms with E-state index in [-0.39, 0.29) is 29.9 Å². The maximum atomic E-state index is 13.2. The third kappa shape index (κ3) is 6.63. The van der Waals surface area contributed by atoms with Gasteiger partial charge in [0.2, 0.25) is 11.8 Å². The minimum Gasteiger partial charge on any atom is -0.357 e. The molecule has 2 amide bonds. The van der Waals surface area contributed by atoms with Crippen molar-refractivity contribution >= 4 is 46.8 Å². The van der Waals surface area contributed by atoms with Crippen LogP contribution >= 0.6 is 35.0 Å². The standard InChI is InChI=1S/C21H23Cl2FN2O2S/c1-3-19(21(28)25-2)26(11-14-7-9-15(24)10-8-14)20(27)13-29-12-16-17(22)5-4-6-18(16)23/h4-10,19H,3,11-13H2,1-2H3,(H,25,28). The van der Waals surface area contributed by atoms with Crippen molar-refractivity contribution in [1.82, 2.24) is 10.2 Å². The molecule has 2 aromatic carbocycles. The number of likely N-dealkylation sites (N-methyl/N-ethyl adjacent to an activating group) is 1. The Hall–Kier alpha value is -1.76. The molecule has 1 atom stereocenters. The Balaban J connectivity index is 2.12. The van der Waals surface area contributed by atoms with Crippen LogP contribution in [0.15, 0.2) is 42.5 Å². The van der Waals surface area contributed by atoms with Crippen molar-refractivity contribution in [2.75, 3.05) is 12.8 Å². The molecule has 1 N–H and O–H groups in total. The zero-order valence-electron chi connectivity index (χ0n) is 16.3. The van der Waals surface area contributed by atoms with Gasteiger partial charge in [-0.1, -0.05) is 48.3 Å². The summed E-state index contributed by atoms with van der Waals surface area (Å²) in [4.78, 5) is 26.8. The first kappa shape index (κ1) is 23.5. The highest BCUT2D eigenvalue weighted by Gasteiger charge is 2.27. The zero-order chi connectivity index (χ0) is 21.4. The van der Waals surface area contributed by atoms with Crippen molar-refractivity contribution in [2.45, 2.75) is 31.7 Å². The Morgan fingerprint density at radius 3 is 2.31 bits per heavy atom. The number of carbonyl (C=O) groups is 2. The summed E-state index contributed by atoms with van der Waals surface area (Å²) < 4.78 is 13.2. The summed E-state index contributed by atoms with van der Waals surface area (Å²) >= 11 is 13.7. The quantitative estimate of drug-likeness (QED) is 0.582. The van der Waals surface area contributed by atoms with E-state index in [9.17, 15) is 14.0 Å². The van der Waals surface area contributed by atoms with Gasteiger partial charge in [0.05, 0.1) is 5.75 Å². The van der Waals surface area contributed by atoms with Gasteiger partial charge in [-0.05, 0) is 41.8 Å². The van der Waals surface area contributed by atoms with Crippen LogP contribution in [0.25, 0.3) is 0 Å². The average Bonchev–Trinajstić information content (AvgIpc) is 2.71. The molecule has 0 bridgehead atoms. The number of nitrogens with one attached hydrogen (secondary N) is 1. The molecule has 0 fully saturated rings. The van der Waals surface area contributed by atoms with Gasteiger partial charge < -0.3 is 10.2 Å². The molecule has 0 aromatic heterocycles. The van der Waals surface area contributed by atoms with Crippen LogP contribution in [0.2, 0.25) is 10.0 Å². The lowest BCUT2D eigenvalue weighted by Gasteiger charge is -2.30. The molecule has 0 aliphatic heterocycles. The van der Waals surface area contributed by atoms with Crippen molar-refractivity contribution in [3.63, 3.8) is 0 Å². The number of halogens is 3. The van der Waals surface area contributed by atoms with Gasteiger partial charge in [-0.15, -0.1) is 11.8 Å². The van der Waals surface area contributed by atoms with E-state index in [1.54, 1.807) is 37.4 Å². The smallest absolute Gasteiger partial charge is 0.242 e. The van der Waals surface area contributed by atoms with Crippen LogP contribution in [-0.4, -0.2) is 35.6 Å². The molecule has 156 valence electrons. The monoisotopic (exact) mass is 456 g/mol. The SMILES string of the molecule is CCC(C(=O)NC)N(Cc1ccc(F)cc1)C(=O)CSCc1c(Cl)cccc1Cl. The summed E-state index contributed by atoms with van der Waals surface area (Å²) in [6.07, 6.45) is 0.466. The maximum absolute atomic E-state index is 13.2. The summed E-state index contributed by atoms with van der Waals surface area (Å²) in [6.45, 7) is 2.07. The summed E-state index contributed by atoms with van der Waals surface area (Å²) in [6, 6.07) is 10.6. The van der Waals surface area contributed by atoms with Gasteiger partial charge in [-0.3, -0.25) is 9.59 Å². The molecule has 0 aliphatic carbocycles. The molecule has 0 spiro atoms. The molecule has 29 heavy (non-hydrogen) atoms. The van der Waals surface area contributed by atoms with E-state index in [1.807, 2.05) is 6.92 Å². The van der Waals surface area contributed by atoms with Crippen LogP contribution in [0.5, 0.6) is 0 Å². The lowest BCUT2D eigenvalue weighted by atomic mass is 10.1. The number of thioether (sulfide) groups is 1. The van der Waals surface area contributed by atoms with Gasteiger partial charge in [0.15, 0.2) is 0 Å². The van der Waals surface area contributed by atoms with E-state index >= 15 is 0 Å². The first-order chi connectivity index (χ1) is 13.9. The number of amides is 2. The highest BCUT2D eigenvalue weighted by Crippen LogP contribution is 2.28. The van der Waals surface area contributed by atoms with Crippen LogP contribution < -0.4 is 5.32 Å². The van der Waals surface area contributed by atoms with Crippen LogP contribution in [0.1, 0.15) is 24.5 Å². The third-order valence-electron chi connectivity index (χ3n) is 4.43. The molecular weight excluding hydrogens is 434 g/mol. The van der Waals surface area contributed by atoms with Crippen molar-refractivity contribution in [3.8, 4) is 0 Å². The van der Waals surface area contributed by atoms with Crippen LogP contribution in [-0.2, 0) is 21.9 Å². The Labute approximate surface area is 184 Å². The minimum absolute atomic E-state index is 0.163. The second kappa shape index (κ2) is 11.4. The number of rotatable bonds is 9. The molecule has 8 heteroatoms. The largest absolute Gasteiger partial charge is 0.357 e. The van der Waals surface area contributed by atoms with Crippen molar-refractivity contribution in [1.29, 1.82) is 0 Å². The molecule has 2 rings (SSSR count). The first-order valence-corrected chi connectivity index (χ1v) is 11.0. The van der Waals surface area contributed by atoms with Crippen LogP contribution in [0, 0.1) is 5.82 Å². The van der Waals surface area contributed by atoms with E-state index in [0.717, 1.165) is 11.1 Å². The summed E-state index contributed by atoms with van der Waals surface area (Å²) in [5.41, 5.74) is 1.53. The molecule has 0 radical (unpaired) electrons. The van der Waals surface area contributed by atoms with E-state index in [2.05, 4.69) is 5.32 Å². The normalized spacial score (nSPS) is 11.8. The summed E-state index contributed by atoms with van der Waals surface area (Å²) in [5, 5.41) is 3.71. The predicted octanol–water partition coefficient (Wildman–Crippen LogP) is 4.92. The van der Waals surface area contributed by atoms with Crippen LogP contribution in [0.3, 0.4) is 0 Å². The number of carbonyl (C=O) groups excluding carboxylic acids is 2. The van der Waals surface area contributed by atoms with E-state index in [0.29, 0.717) is 22.2 Å². The molecule has 0 aliphatic rings. The topological polar surface area (TPSA) is 49.4 Å². The third-order valence-corrected chi connectivity index (χ3v) is 6.08. The first-order valence-electron chi connectivity index (χ1n) is 9.13. The average molecular weight is 457 g/mol. The highest BCUT2D eigenvalue weighted by atomic mass is 35.5. The molecule has 2 aromatic rings. The van der Waals surface area contributed by atoms with Crippen LogP contribution in [0.4, 0.5) is 4.39 Å². The lowest BCUT2D eigenvalue weighted by molar-refractivity contribution is -0.139. The molecule has 0 saturated carbocycles. The molecular formula is C21H23Cl2FN2O2S. The van der Waals surface area contributed by atoms with Gasteiger partial charge in [0.25, 0.3) is 0 Å². The second-order valence-electron chi connectivity index (χ2n) is 6.38. The van der Waals surface area contributed by atoms with Gasteiger partial charge in [0, 0.05) is 29.4 Å². The number of hydrogen-bond donors (Lipinski definition) is 1. The molecule has 0 heterocycles. The number of nitrogens with zero attached hydrogens (tertiary/aromatic N) is 1. The zero-order valence-corrected chi connectivity index (χ0v) is 18.6. The number of benzene rings is 2. The van der Waals surface area contributed by atoms with E-state index in [4.69, 9.17) is 23.2 Å². The molecule has 1 unspecified atom stereocenters.